The summed E-state index contributed by atoms with van der Waals surface area (Å²) in [5.74, 6) is 0. The van der Waals surface area contributed by atoms with Crippen LogP contribution in [0.4, 0.5) is 0 Å². The molecule has 3 nitrogen and oxygen atoms in total. The molecule has 0 rings (SSSR count). The molecule has 0 unspecified atom stereocenters. The molecular formula is HBKO3Rb. The van der Waals surface area contributed by atoms with Crippen molar-refractivity contribution >= 4 is 7.32 Å². The Labute approximate surface area is 128 Å². The second-order valence-electron chi connectivity index (χ2n) is 0.307. The van der Waals surface area contributed by atoms with E-state index < -0.39 is 7.32 Å². The fourth-order valence-electron chi connectivity index (χ4n) is 0. The molecule has 24 valence electrons. The molecule has 0 bridgehead atoms. The van der Waals surface area contributed by atoms with Crippen molar-refractivity contribution in [2.24, 2.45) is 0 Å². The average Bonchev–Trinajstić information content (AvgIpc) is 0.811. The smallest absolute Gasteiger partial charge is 0.871 e. The van der Waals surface area contributed by atoms with E-state index in [1.807, 2.05) is 0 Å². The van der Waals surface area contributed by atoms with Crippen molar-refractivity contribution in [3.8, 4) is 0 Å². The van der Waals surface area contributed by atoms with E-state index in [0.29, 0.717) is 0 Å². The molecule has 0 aliphatic rings. The average molecular weight is 184 g/mol. The third-order valence-corrected chi connectivity index (χ3v) is 0. The zero-order valence-electron chi connectivity index (χ0n) is 3.84. The van der Waals surface area contributed by atoms with Gasteiger partial charge in [-0.3, -0.25) is 0 Å². The minimum atomic E-state index is -2.67. The molecule has 0 heterocycles. The molecule has 0 aliphatic carbocycles. The Hall–Kier alpha value is 3.39. The summed E-state index contributed by atoms with van der Waals surface area (Å²) in [4.78, 5) is 0. The van der Waals surface area contributed by atoms with E-state index in [2.05, 4.69) is 0 Å². The van der Waals surface area contributed by atoms with Gasteiger partial charge in [-0.15, -0.1) is 0 Å². The molecule has 0 aromatic rings. The SMILES string of the molecule is [K+].[O-]B([O-])O.[Rb+]. The summed E-state index contributed by atoms with van der Waals surface area (Å²) in [5.41, 5.74) is 0. The molecule has 6 heteroatoms. The minimum absolute atomic E-state index is 0. The molecule has 0 saturated carbocycles. The summed E-state index contributed by atoms with van der Waals surface area (Å²) in [7, 11) is -2.67. The summed E-state index contributed by atoms with van der Waals surface area (Å²) < 4.78 is 0. The Morgan fingerprint density at radius 2 is 1.33 bits per heavy atom. The molecule has 0 amide bonds. The van der Waals surface area contributed by atoms with Crippen LogP contribution in [-0.2, 0) is 0 Å². The van der Waals surface area contributed by atoms with Crippen molar-refractivity contribution in [2.75, 3.05) is 0 Å². The number of hydrogen-bond donors (Lipinski definition) is 1. The zero-order chi connectivity index (χ0) is 3.58. The van der Waals surface area contributed by atoms with E-state index in [1.54, 1.807) is 0 Å². The van der Waals surface area contributed by atoms with Crippen LogP contribution >= 0.6 is 0 Å². The molecule has 0 fully saturated rings. The maximum atomic E-state index is 8.53. The van der Waals surface area contributed by atoms with Crippen LogP contribution in [0.15, 0.2) is 0 Å². The molecule has 0 saturated heterocycles. The topological polar surface area (TPSA) is 66.3 Å². The first-order valence-corrected chi connectivity index (χ1v) is 0.730. The Balaban J connectivity index is -0.0000000450. The molecule has 6 heavy (non-hydrogen) atoms. The van der Waals surface area contributed by atoms with Crippen LogP contribution in [0, 0.1) is 0 Å². The van der Waals surface area contributed by atoms with Crippen molar-refractivity contribution < 1.29 is 125 Å². The van der Waals surface area contributed by atoms with Crippen molar-refractivity contribution in [1.29, 1.82) is 0 Å². The van der Waals surface area contributed by atoms with Crippen molar-refractivity contribution in [1.82, 2.24) is 0 Å². The van der Waals surface area contributed by atoms with Gasteiger partial charge < -0.3 is 15.1 Å². The Kier molecular flexibility index (Phi) is 30.3. The van der Waals surface area contributed by atoms with E-state index in [9.17, 15) is 0 Å². The second-order valence-corrected chi connectivity index (χ2v) is 0.307. The molecule has 0 aromatic carbocycles. The predicted octanol–water partition coefficient (Wildman–Crippen LogP) is -9.31. The van der Waals surface area contributed by atoms with Crippen LogP contribution < -0.4 is 120 Å². The maximum Gasteiger partial charge on any atom is 1.00 e. The number of rotatable bonds is 0. The largest absolute Gasteiger partial charge is 1.00 e. The molecule has 0 atom stereocenters. The first-order chi connectivity index (χ1) is 1.73. The van der Waals surface area contributed by atoms with Gasteiger partial charge in [-0.1, -0.05) is 0 Å². The first-order valence-electron chi connectivity index (χ1n) is 0.730. The summed E-state index contributed by atoms with van der Waals surface area (Å²) in [6, 6.07) is 0. The van der Waals surface area contributed by atoms with E-state index >= 15 is 0 Å². The van der Waals surface area contributed by atoms with Gasteiger partial charge in [-0.25, -0.2) is 0 Å². The summed E-state index contributed by atoms with van der Waals surface area (Å²) in [6.45, 7) is 0. The van der Waals surface area contributed by atoms with Crippen LogP contribution in [0.25, 0.3) is 0 Å². The van der Waals surface area contributed by atoms with Crippen LogP contribution in [0.5, 0.6) is 0 Å². The van der Waals surface area contributed by atoms with Crippen molar-refractivity contribution in [3.63, 3.8) is 0 Å². The Bertz CT molecular complexity index is 15.5. The summed E-state index contributed by atoms with van der Waals surface area (Å²) >= 11 is 0. The summed E-state index contributed by atoms with van der Waals surface area (Å²) in [5, 5.41) is 24.0. The molecule has 0 aromatic heterocycles. The molecular weight excluding hydrogens is 183 g/mol. The van der Waals surface area contributed by atoms with Crippen molar-refractivity contribution in [3.05, 3.63) is 0 Å². The van der Waals surface area contributed by atoms with E-state index in [0.717, 1.165) is 0 Å². The van der Waals surface area contributed by atoms with Gasteiger partial charge in [0.05, 0.1) is 7.32 Å². The molecule has 0 spiro atoms. The molecule has 1 N–H and O–H groups in total. The third kappa shape index (κ3) is 26.3. The zero-order valence-corrected chi connectivity index (χ0v) is 11.9. The van der Waals surface area contributed by atoms with Crippen LogP contribution in [0.2, 0.25) is 0 Å². The third-order valence-electron chi connectivity index (χ3n) is 0. The monoisotopic (exact) mass is 184 g/mol. The maximum absolute atomic E-state index is 8.53. The first kappa shape index (κ1) is 16.2. The van der Waals surface area contributed by atoms with Crippen molar-refractivity contribution in [2.45, 2.75) is 0 Å². The van der Waals surface area contributed by atoms with Gasteiger partial charge in [-0.2, -0.15) is 0 Å². The second kappa shape index (κ2) is 11.2. The fraction of sp³-hybridized carbons (Fsp3) is 0. The Morgan fingerprint density at radius 3 is 1.33 bits per heavy atom. The van der Waals surface area contributed by atoms with E-state index in [-0.39, 0.29) is 110 Å². The van der Waals surface area contributed by atoms with Gasteiger partial charge in [0.1, 0.15) is 0 Å². The number of hydrogen-bond acceptors (Lipinski definition) is 3. The van der Waals surface area contributed by atoms with Crippen LogP contribution in [0.3, 0.4) is 0 Å². The van der Waals surface area contributed by atoms with Gasteiger partial charge in [0, 0.05) is 0 Å². The molecule has 0 radical (unpaired) electrons. The summed E-state index contributed by atoms with van der Waals surface area (Å²) in [6.07, 6.45) is 0. The van der Waals surface area contributed by atoms with Crippen LogP contribution in [-0.4, -0.2) is 12.3 Å². The van der Waals surface area contributed by atoms with Gasteiger partial charge in [0.15, 0.2) is 0 Å². The van der Waals surface area contributed by atoms with Gasteiger partial charge in [0.2, 0.25) is 0 Å². The standard InChI is InChI=1S/BHO3.K.Rb/c2-1(3)4;;/h2H;;/q-2;2*+1. The van der Waals surface area contributed by atoms with Gasteiger partial charge in [0.25, 0.3) is 0 Å². The van der Waals surface area contributed by atoms with Crippen LogP contribution in [0.1, 0.15) is 0 Å². The quantitative estimate of drug-likeness (QED) is 0.380. The fourth-order valence-corrected chi connectivity index (χ4v) is 0. The molecule has 0 aliphatic heterocycles. The Morgan fingerprint density at radius 1 is 1.33 bits per heavy atom. The van der Waals surface area contributed by atoms with Gasteiger partial charge in [-0.05, 0) is 0 Å². The normalized spacial score (nSPS) is 4.50. The van der Waals surface area contributed by atoms with E-state index in [4.69, 9.17) is 15.1 Å². The predicted molar refractivity (Wildman–Crippen MR) is 7.97 cm³/mol. The minimum Gasteiger partial charge on any atom is -0.871 e. The van der Waals surface area contributed by atoms with Gasteiger partial charge >= 0.3 is 110 Å². The van der Waals surface area contributed by atoms with E-state index in [1.165, 1.54) is 0 Å².